The summed E-state index contributed by atoms with van der Waals surface area (Å²) in [4.78, 5) is 28.8. The summed E-state index contributed by atoms with van der Waals surface area (Å²) in [6, 6.07) is 17.4. The summed E-state index contributed by atoms with van der Waals surface area (Å²) < 4.78 is 1.45. The molecule has 0 saturated carbocycles. The van der Waals surface area contributed by atoms with Gasteiger partial charge in [-0.05, 0) is 6.07 Å². The molecule has 1 aliphatic heterocycles. The van der Waals surface area contributed by atoms with Gasteiger partial charge in [0.25, 0.3) is 5.56 Å². The van der Waals surface area contributed by atoms with Crippen LogP contribution in [0.2, 0.25) is 0 Å². The fraction of sp³-hybridized carbons (Fsp3) is 0.318. The van der Waals surface area contributed by atoms with E-state index in [4.69, 9.17) is 0 Å². The van der Waals surface area contributed by atoms with Crippen molar-refractivity contribution in [3.8, 4) is 11.3 Å². The summed E-state index contributed by atoms with van der Waals surface area (Å²) in [6.07, 6.45) is 0.290. The number of benzene rings is 2. The lowest BCUT2D eigenvalue weighted by molar-refractivity contribution is -0.883. The van der Waals surface area contributed by atoms with E-state index in [0.29, 0.717) is 18.4 Å². The zero-order valence-electron chi connectivity index (χ0n) is 16.1. The highest BCUT2D eigenvalue weighted by molar-refractivity contribution is 5.93. The molecule has 144 valence electrons. The SMILES string of the molecule is C[NH+]1CCN(C(=O)CCn2nc(-c3ccccc3)c3ccccc3c2=O)CC1. The van der Waals surface area contributed by atoms with Crippen LogP contribution in [-0.4, -0.2) is 53.8 Å². The molecular weight excluding hydrogens is 352 g/mol. The number of nitrogens with one attached hydrogen (secondary N) is 1. The molecule has 1 aliphatic rings. The fourth-order valence-electron chi connectivity index (χ4n) is 3.69. The van der Waals surface area contributed by atoms with Crippen LogP contribution < -0.4 is 10.5 Å². The summed E-state index contributed by atoms with van der Waals surface area (Å²) in [5.41, 5.74) is 1.58. The zero-order valence-corrected chi connectivity index (χ0v) is 16.1. The van der Waals surface area contributed by atoms with Gasteiger partial charge in [0.15, 0.2) is 0 Å². The number of carbonyl (C=O) groups excluding carboxylic acids is 1. The molecule has 1 amide bonds. The Morgan fingerprint density at radius 2 is 1.64 bits per heavy atom. The highest BCUT2D eigenvalue weighted by atomic mass is 16.2. The van der Waals surface area contributed by atoms with Gasteiger partial charge >= 0.3 is 0 Å². The minimum absolute atomic E-state index is 0.0932. The Balaban J connectivity index is 1.63. The van der Waals surface area contributed by atoms with Crippen LogP contribution in [0.3, 0.4) is 0 Å². The molecule has 0 aliphatic carbocycles. The Kier molecular flexibility index (Phi) is 5.21. The third-order valence-corrected chi connectivity index (χ3v) is 5.42. The van der Waals surface area contributed by atoms with E-state index < -0.39 is 0 Å². The van der Waals surface area contributed by atoms with Crippen LogP contribution in [0.4, 0.5) is 0 Å². The second kappa shape index (κ2) is 7.94. The molecule has 0 spiro atoms. The molecule has 0 bridgehead atoms. The number of quaternary nitrogens is 1. The highest BCUT2D eigenvalue weighted by Crippen LogP contribution is 2.24. The van der Waals surface area contributed by atoms with E-state index in [2.05, 4.69) is 12.1 Å². The van der Waals surface area contributed by atoms with Crippen LogP contribution in [-0.2, 0) is 11.3 Å². The van der Waals surface area contributed by atoms with Gasteiger partial charge in [-0.3, -0.25) is 9.59 Å². The van der Waals surface area contributed by atoms with E-state index in [9.17, 15) is 9.59 Å². The summed E-state index contributed by atoms with van der Waals surface area (Å²) in [6.45, 7) is 3.79. The molecule has 6 nitrogen and oxygen atoms in total. The quantitative estimate of drug-likeness (QED) is 0.732. The predicted molar refractivity (Wildman–Crippen MR) is 109 cm³/mol. The molecule has 28 heavy (non-hydrogen) atoms. The molecule has 1 aromatic heterocycles. The number of likely N-dealkylation sites (N-methyl/N-ethyl adjacent to an activating group) is 1. The Morgan fingerprint density at radius 3 is 2.36 bits per heavy atom. The van der Waals surface area contributed by atoms with Gasteiger partial charge < -0.3 is 9.80 Å². The number of piperazine rings is 1. The average Bonchev–Trinajstić information content (AvgIpc) is 2.74. The number of nitrogens with zero attached hydrogens (tertiary/aromatic N) is 3. The first kappa shape index (κ1) is 18.4. The summed E-state index contributed by atoms with van der Waals surface area (Å²) in [5.74, 6) is 0.0932. The number of hydrogen-bond acceptors (Lipinski definition) is 3. The molecule has 2 aromatic carbocycles. The van der Waals surface area contributed by atoms with Crippen LogP contribution in [0.15, 0.2) is 59.4 Å². The number of amides is 1. The Morgan fingerprint density at radius 1 is 1.00 bits per heavy atom. The van der Waals surface area contributed by atoms with Crippen LogP contribution >= 0.6 is 0 Å². The third kappa shape index (κ3) is 3.68. The Hall–Kier alpha value is -2.99. The lowest BCUT2D eigenvalue weighted by atomic mass is 10.1. The van der Waals surface area contributed by atoms with Gasteiger partial charge in [-0.2, -0.15) is 5.10 Å². The highest BCUT2D eigenvalue weighted by Gasteiger charge is 2.21. The minimum atomic E-state index is -0.147. The van der Waals surface area contributed by atoms with Crippen molar-refractivity contribution in [3.63, 3.8) is 0 Å². The van der Waals surface area contributed by atoms with Gasteiger partial charge in [0.1, 0.15) is 0 Å². The van der Waals surface area contributed by atoms with Crippen molar-refractivity contribution in [1.82, 2.24) is 14.7 Å². The molecule has 1 N–H and O–H groups in total. The van der Waals surface area contributed by atoms with Gasteiger partial charge in [-0.25, -0.2) is 4.68 Å². The standard InChI is InChI=1S/C22H24N4O2/c1-24-13-15-25(16-14-24)20(27)11-12-26-22(28)19-10-6-5-9-18(19)21(23-26)17-7-3-2-4-8-17/h2-10H,11-16H2,1H3/p+1. The molecule has 0 radical (unpaired) electrons. The molecular formula is C22H25N4O2+. The van der Waals surface area contributed by atoms with Gasteiger partial charge in [-0.15, -0.1) is 0 Å². The molecule has 1 saturated heterocycles. The molecule has 3 aromatic rings. The van der Waals surface area contributed by atoms with Crippen molar-refractivity contribution in [2.24, 2.45) is 0 Å². The Bertz CT molecular complexity index is 1040. The van der Waals surface area contributed by atoms with Gasteiger partial charge in [-0.1, -0.05) is 48.5 Å². The summed E-state index contributed by atoms with van der Waals surface area (Å²) in [5, 5.41) is 6.10. The first-order valence-corrected chi connectivity index (χ1v) is 9.78. The molecule has 1 fully saturated rings. The van der Waals surface area contributed by atoms with E-state index in [0.717, 1.165) is 42.8 Å². The molecule has 6 heteroatoms. The van der Waals surface area contributed by atoms with E-state index in [-0.39, 0.29) is 11.5 Å². The lowest BCUT2D eigenvalue weighted by Gasteiger charge is -2.30. The summed E-state index contributed by atoms with van der Waals surface area (Å²) in [7, 11) is 2.14. The van der Waals surface area contributed by atoms with E-state index in [1.165, 1.54) is 9.58 Å². The van der Waals surface area contributed by atoms with Crippen LogP contribution in [0, 0.1) is 0 Å². The molecule has 2 heterocycles. The van der Waals surface area contributed by atoms with Gasteiger partial charge in [0.05, 0.1) is 50.9 Å². The maximum absolute atomic E-state index is 12.9. The van der Waals surface area contributed by atoms with Crippen LogP contribution in [0.1, 0.15) is 6.42 Å². The second-order valence-corrected chi connectivity index (χ2v) is 7.38. The van der Waals surface area contributed by atoms with Crippen LogP contribution in [0.25, 0.3) is 22.0 Å². The fourth-order valence-corrected chi connectivity index (χ4v) is 3.69. The van der Waals surface area contributed by atoms with E-state index in [1.54, 1.807) is 0 Å². The number of hydrogen-bond donors (Lipinski definition) is 1. The van der Waals surface area contributed by atoms with Gasteiger partial charge in [0.2, 0.25) is 5.91 Å². The Labute approximate surface area is 164 Å². The number of aromatic nitrogens is 2. The maximum atomic E-state index is 12.9. The first-order chi connectivity index (χ1) is 13.6. The third-order valence-electron chi connectivity index (χ3n) is 5.42. The molecule has 0 unspecified atom stereocenters. The van der Waals surface area contributed by atoms with E-state index >= 15 is 0 Å². The summed E-state index contributed by atoms with van der Waals surface area (Å²) >= 11 is 0. The number of aryl methyl sites for hydroxylation is 1. The van der Waals surface area contributed by atoms with Gasteiger partial charge in [0, 0.05) is 17.4 Å². The number of rotatable bonds is 4. The van der Waals surface area contributed by atoms with Crippen molar-refractivity contribution in [1.29, 1.82) is 0 Å². The van der Waals surface area contributed by atoms with Crippen molar-refractivity contribution < 1.29 is 9.69 Å². The van der Waals surface area contributed by atoms with Crippen molar-refractivity contribution in [2.75, 3.05) is 33.2 Å². The maximum Gasteiger partial charge on any atom is 0.274 e. The largest absolute Gasteiger partial charge is 0.334 e. The molecule has 4 rings (SSSR count). The minimum Gasteiger partial charge on any atom is -0.334 e. The van der Waals surface area contributed by atoms with E-state index in [1.807, 2.05) is 59.5 Å². The number of fused-ring (bicyclic) bond motifs is 1. The van der Waals surface area contributed by atoms with Crippen molar-refractivity contribution in [2.45, 2.75) is 13.0 Å². The number of carbonyl (C=O) groups is 1. The van der Waals surface area contributed by atoms with Crippen LogP contribution in [0.5, 0.6) is 0 Å². The predicted octanol–water partition coefficient (Wildman–Crippen LogP) is 0.811. The first-order valence-electron chi connectivity index (χ1n) is 9.78. The van der Waals surface area contributed by atoms with Crippen molar-refractivity contribution in [3.05, 3.63) is 65.0 Å². The topological polar surface area (TPSA) is 59.6 Å². The second-order valence-electron chi connectivity index (χ2n) is 7.38. The zero-order chi connectivity index (χ0) is 19.5. The normalized spacial score (nSPS) is 15.1. The smallest absolute Gasteiger partial charge is 0.274 e. The molecule has 0 atom stereocenters. The average molecular weight is 377 g/mol. The lowest BCUT2D eigenvalue weighted by Crippen LogP contribution is -3.12. The monoisotopic (exact) mass is 377 g/mol. The van der Waals surface area contributed by atoms with Crippen molar-refractivity contribution >= 4 is 16.7 Å².